The third-order valence-corrected chi connectivity index (χ3v) is 4.12. The number of hydrogen-bond acceptors (Lipinski definition) is 5. The first-order valence-electron chi connectivity index (χ1n) is 8.29. The summed E-state index contributed by atoms with van der Waals surface area (Å²) in [5.41, 5.74) is 4.01. The van der Waals surface area contributed by atoms with E-state index in [-0.39, 0.29) is 0 Å². The fraction of sp³-hybridized carbons (Fsp3) is 0.190. The van der Waals surface area contributed by atoms with Gasteiger partial charge in [-0.15, -0.1) is 0 Å². The van der Waals surface area contributed by atoms with Crippen molar-refractivity contribution in [1.29, 1.82) is 0 Å². The van der Waals surface area contributed by atoms with Gasteiger partial charge in [-0.05, 0) is 54.1 Å². The van der Waals surface area contributed by atoms with Crippen LogP contribution in [0.4, 0.5) is 5.69 Å². The lowest BCUT2D eigenvalue weighted by atomic mass is 10.0. The molecule has 3 aromatic rings. The zero-order valence-corrected chi connectivity index (χ0v) is 15.2. The van der Waals surface area contributed by atoms with E-state index in [4.69, 9.17) is 14.2 Å². The van der Waals surface area contributed by atoms with Crippen LogP contribution in [-0.2, 0) is 6.54 Å². The van der Waals surface area contributed by atoms with E-state index in [1.54, 1.807) is 27.5 Å². The molecule has 0 aliphatic carbocycles. The molecule has 1 aromatic heterocycles. The molecular weight excluding hydrogens is 328 g/mol. The first-order valence-corrected chi connectivity index (χ1v) is 8.29. The van der Waals surface area contributed by atoms with Crippen molar-refractivity contribution in [2.24, 2.45) is 0 Å². The van der Waals surface area contributed by atoms with Gasteiger partial charge in [0.15, 0.2) is 11.5 Å². The second-order valence-electron chi connectivity index (χ2n) is 5.66. The summed E-state index contributed by atoms with van der Waals surface area (Å²) in [5, 5.41) is 3.42. The van der Waals surface area contributed by atoms with E-state index in [0.29, 0.717) is 18.0 Å². The summed E-state index contributed by atoms with van der Waals surface area (Å²) in [5.74, 6) is 2.22. The van der Waals surface area contributed by atoms with Gasteiger partial charge < -0.3 is 19.5 Å². The number of benzene rings is 2. The minimum atomic E-state index is 0.657. The first-order chi connectivity index (χ1) is 12.7. The second kappa shape index (κ2) is 8.25. The number of ether oxygens (including phenoxy) is 3. The monoisotopic (exact) mass is 350 g/mol. The molecule has 5 heteroatoms. The first kappa shape index (κ1) is 17.6. The largest absolute Gasteiger partial charge is 0.497 e. The average Bonchev–Trinajstić information content (AvgIpc) is 2.72. The molecule has 134 valence electrons. The fourth-order valence-corrected chi connectivity index (χ4v) is 2.73. The molecule has 0 fully saturated rings. The summed E-state index contributed by atoms with van der Waals surface area (Å²) < 4.78 is 15.9. The molecule has 5 nitrogen and oxygen atoms in total. The number of anilines is 1. The van der Waals surface area contributed by atoms with Crippen molar-refractivity contribution in [1.82, 2.24) is 4.98 Å². The summed E-state index contributed by atoms with van der Waals surface area (Å²) in [6.45, 7) is 0.657. The molecule has 0 saturated heterocycles. The van der Waals surface area contributed by atoms with Crippen molar-refractivity contribution >= 4 is 5.69 Å². The van der Waals surface area contributed by atoms with Crippen LogP contribution >= 0.6 is 0 Å². The Kier molecular flexibility index (Phi) is 5.59. The van der Waals surface area contributed by atoms with Crippen LogP contribution in [0, 0.1) is 0 Å². The highest BCUT2D eigenvalue weighted by atomic mass is 16.5. The maximum Gasteiger partial charge on any atom is 0.161 e. The molecule has 0 amide bonds. The Morgan fingerprint density at radius 2 is 1.62 bits per heavy atom. The molecule has 1 N–H and O–H groups in total. The summed E-state index contributed by atoms with van der Waals surface area (Å²) in [6, 6.07) is 17.7. The van der Waals surface area contributed by atoms with Gasteiger partial charge in [-0.25, -0.2) is 0 Å². The Morgan fingerprint density at radius 1 is 0.846 bits per heavy atom. The van der Waals surface area contributed by atoms with Gasteiger partial charge in [0.1, 0.15) is 5.75 Å². The van der Waals surface area contributed by atoms with Crippen LogP contribution < -0.4 is 19.5 Å². The Morgan fingerprint density at radius 3 is 2.31 bits per heavy atom. The van der Waals surface area contributed by atoms with Gasteiger partial charge in [0.05, 0.1) is 27.0 Å². The minimum absolute atomic E-state index is 0.657. The fourth-order valence-electron chi connectivity index (χ4n) is 2.73. The third-order valence-electron chi connectivity index (χ3n) is 4.12. The van der Waals surface area contributed by atoms with Gasteiger partial charge >= 0.3 is 0 Å². The zero-order chi connectivity index (χ0) is 18.4. The molecule has 3 rings (SSSR count). The quantitative estimate of drug-likeness (QED) is 0.685. The van der Waals surface area contributed by atoms with Gasteiger partial charge in [-0.2, -0.15) is 0 Å². The van der Waals surface area contributed by atoms with Crippen molar-refractivity contribution in [3.05, 3.63) is 66.4 Å². The maximum atomic E-state index is 5.41. The molecule has 2 aromatic carbocycles. The van der Waals surface area contributed by atoms with Crippen molar-refractivity contribution in [3.8, 4) is 28.5 Å². The predicted molar refractivity (Wildman–Crippen MR) is 103 cm³/mol. The Labute approximate surface area is 153 Å². The maximum absolute atomic E-state index is 5.41. The number of methoxy groups -OCH3 is 3. The highest BCUT2D eigenvalue weighted by molar-refractivity contribution is 5.67. The normalized spacial score (nSPS) is 10.3. The van der Waals surface area contributed by atoms with Gasteiger partial charge in [-0.3, -0.25) is 4.98 Å². The molecule has 26 heavy (non-hydrogen) atoms. The van der Waals surface area contributed by atoms with E-state index < -0.39 is 0 Å². The topological polar surface area (TPSA) is 52.6 Å². The van der Waals surface area contributed by atoms with Gasteiger partial charge in [0.25, 0.3) is 0 Å². The Bertz CT molecular complexity index is 863. The number of aromatic nitrogens is 1. The lowest BCUT2D eigenvalue weighted by molar-refractivity contribution is 0.355. The number of nitrogens with zero attached hydrogens (tertiary/aromatic N) is 1. The van der Waals surface area contributed by atoms with Crippen LogP contribution in [-0.4, -0.2) is 26.3 Å². The SMILES string of the molecule is COc1ccc(NCc2cccnc2-c2ccc(OC)c(OC)c2)cc1. The molecule has 0 unspecified atom stereocenters. The summed E-state index contributed by atoms with van der Waals surface area (Å²) in [4.78, 5) is 4.56. The Hall–Kier alpha value is -3.21. The van der Waals surface area contributed by atoms with E-state index in [1.165, 1.54) is 0 Å². The van der Waals surface area contributed by atoms with Crippen LogP contribution in [0.15, 0.2) is 60.8 Å². The van der Waals surface area contributed by atoms with Gasteiger partial charge in [0, 0.05) is 24.0 Å². The van der Waals surface area contributed by atoms with Crippen molar-refractivity contribution in [3.63, 3.8) is 0 Å². The molecule has 0 aliphatic rings. The van der Waals surface area contributed by atoms with Gasteiger partial charge in [-0.1, -0.05) is 6.07 Å². The third kappa shape index (κ3) is 3.88. The highest BCUT2D eigenvalue weighted by Gasteiger charge is 2.10. The molecule has 1 heterocycles. The van der Waals surface area contributed by atoms with E-state index in [9.17, 15) is 0 Å². The van der Waals surface area contributed by atoms with Crippen LogP contribution in [0.2, 0.25) is 0 Å². The standard InChI is InChI=1S/C21H22N2O3/c1-24-18-9-7-17(8-10-18)23-14-16-5-4-12-22-21(16)15-6-11-19(25-2)20(13-15)26-3/h4-13,23H,14H2,1-3H3. The number of nitrogens with one attached hydrogen (secondary N) is 1. The molecule has 0 bridgehead atoms. The van der Waals surface area contributed by atoms with E-state index >= 15 is 0 Å². The minimum Gasteiger partial charge on any atom is -0.497 e. The molecule has 0 radical (unpaired) electrons. The second-order valence-corrected chi connectivity index (χ2v) is 5.66. The number of pyridine rings is 1. The molecule has 0 saturated carbocycles. The van der Waals surface area contributed by atoms with Crippen molar-refractivity contribution in [2.45, 2.75) is 6.54 Å². The smallest absolute Gasteiger partial charge is 0.161 e. The van der Waals surface area contributed by atoms with Crippen LogP contribution in [0.25, 0.3) is 11.3 Å². The van der Waals surface area contributed by atoms with Crippen molar-refractivity contribution < 1.29 is 14.2 Å². The Balaban J connectivity index is 1.83. The summed E-state index contributed by atoms with van der Waals surface area (Å²) in [6.07, 6.45) is 1.79. The average molecular weight is 350 g/mol. The highest BCUT2D eigenvalue weighted by Crippen LogP contribution is 2.32. The molecule has 0 aliphatic heterocycles. The van der Waals surface area contributed by atoms with Crippen LogP contribution in [0.5, 0.6) is 17.2 Å². The zero-order valence-electron chi connectivity index (χ0n) is 15.2. The molecule has 0 atom stereocenters. The lowest BCUT2D eigenvalue weighted by Crippen LogP contribution is -2.02. The number of rotatable bonds is 7. The van der Waals surface area contributed by atoms with Gasteiger partial charge in [0.2, 0.25) is 0 Å². The van der Waals surface area contributed by atoms with Crippen LogP contribution in [0.3, 0.4) is 0 Å². The molecular formula is C21H22N2O3. The van der Waals surface area contributed by atoms with Crippen molar-refractivity contribution in [2.75, 3.05) is 26.6 Å². The summed E-state index contributed by atoms with van der Waals surface area (Å²) in [7, 11) is 4.92. The summed E-state index contributed by atoms with van der Waals surface area (Å²) >= 11 is 0. The van der Waals surface area contributed by atoms with E-state index in [1.807, 2.05) is 48.5 Å². The van der Waals surface area contributed by atoms with E-state index in [2.05, 4.69) is 16.4 Å². The predicted octanol–water partition coefficient (Wildman–Crippen LogP) is 4.39. The lowest BCUT2D eigenvalue weighted by Gasteiger charge is -2.13. The van der Waals surface area contributed by atoms with E-state index in [0.717, 1.165) is 28.3 Å². The van der Waals surface area contributed by atoms with Crippen LogP contribution in [0.1, 0.15) is 5.56 Å². The number of hydrogen-bond donors (Lipinski definition) is 1. The molecule has 0 spiro atoms.